The molecule has 4 rings (SSSR count). The van der Waals surface area contributed by atoms with Crippen LogP contribution in [0.2, 0.25) is 0 Å². The standard InChI is InChI=1S/C22H20FN3OS/c1-2-15-6-8-16(9-7-15)21(17-4-3-5-18(23)12-17)24-14-19-13-20(27)26-10-11-28-22(26)25-19/h3-13,21,24H,2,14H2,1H3/t21-/m1/s1. The van der Waals surface area contributed by atoms with Crippen molar-refractivity contribution in [3.05, 3.63) is 105 Å². The van der Waals surface area contributed by atoms with Gasteiger partial charge in [0.15, 0.2) is 4.96 Å². The summed E-state index contributed by atoms with van der Waals surface area (Å²) in [6.45, 7) is 2.52. The maximum Gasteiger partial charge on any atom is 0.258 e. The van der Waals surface area contributed by atoms with E-state index < -0.39 is 0 Å². The van der Waals surface area contributed by atoms with Crippen molar-refractivity contribution in [2.45, 2.75) is 25.9 Å². The summed E-state index contributed by atoms with van der Waals surface area (Å²) < 4.78 is 15.4. The lowest BCUT2D eigenvalue weighted by Crippen LogP contribution is -2.24. The first-order valence-corrected chi connectivity index (χ1v) is 10.1. The molecule has 0 fully saturated rings. The average molecular weight is 393 g/mol. The van der Waals surface area contributed by atoms with Crippen LogP contribution in [0.25, 0.3) is 4.96 Å². The number of fused-ring (bicyclic) bond motifs is 1. The van der Waals surface area contributed by atoms with E-state index in [2.05, 4.69) is 41.5 Å². The summed E-state index contributed by atoms with van der Waals surface area (Å²) in [5.41, 5.74) is 3.69. The molecule has 2 aromatic carbocycles. The van der Waals surface area contributed by atoms with Crippen molar-refractivity contribution in [2.24, 2.45) is 0 Å². The van der Waals surface area contributed by atoms with Crippen LogP contribution in [0.1, 0.15) is 35.3 Å². The zero-order valence-electron chi connectivity index (χ0n) is 15.4. The molecule has 28 heavy (non-hydrogen) atoms. The Morgan fingerprint density at radius 2 is 1.96 bits per heavy atom. The number of thiazole rings is 1. The van der Waals surface area contributed by atoms with Crippen LogP contribution in [0.4, 0.5) is 4.39 Å². The van der Waals surface area contributed by atoms with Gasteiger partial charge in [0.05, 0.1) is 11.7 Å². The summed E-state index contributed by atoms with van der Waals surface area (Å²) in [6.07, 6.45) is 2.68. The van der Waals surface area contributed by atoms with Crippen molar-refractivity contribution in [3.63, 3.8) is 0 Å². The van der Waals surface area contributed by atoms with Crippen LogP contribution in [-0.2, 0) is 13.0 Å². The minimum Gasteiger partial charge on any atom is -0.301 e. The second-order valence-corrected chi connectivity index (χ2v) is 7.48. The molecule has 2 heterocycles. The molecule has 0 radical (unpaired) electrons. The molecule has 0 spiro atoms. The lowest BCUT2D eigenvalue weighted by atomic mass is 9.97. The number of aryl methyl sites for hydroxylation is 1. The molecule has 0 aliphatic heterocycles. The summed E-state index contributed by atoms with van der Waals surface area (Å²) in [7, 11) is 0. The Morgan fingerprint density at radius 3 is 2.71 bits per heavy atom. The van der Waals surface area contributed by atoms with Crippen LogP contribution < -0.4 is 10.9 Å². The van der Waals surface area contributed by atoms with E-state index in [9.17, 15) is 9.18 Å². The van der Waals surface area contributed by atoms with Gasteiger partial charge in [0, 0.05) is 24.2 Å². The van der Waals surface area contributed by atoms with E-state index in [1.807, 2.05) is 11.4 Å². The smallest absolute Gasteiger partial charge is 0.258 e. The summed E-state index contributed by atoms with van der Waals surface area (Å²) in [5.74, 6) is -0.272. The molecule has 1 N–H and O–H groups in total. The highest BCUT2D eigenvalue weighted by Crippen LogP contribution is 2.24. The molecular formula is C22H20FN3OS. The predicted octanol–water partition coefficient (Wildman–Crippen LogP) is 4.34. The molecule has 0 unspecified atom stereocenters. The van der Waals surface area contributed by atoms with Gasteiger partial charge in [0.25, 0.3) is 5.56 Å². The van der Waals surface area contributed by atoms with Crippen LogP contribution in [-0.4, -0.2) is 9.38 Å². The molecule has 0 aliphatic rings. The van der Waals surface area contributed by atoms with Gasteiger partial charge in [0.2, 0.25) is 0 Å². The number of halogens is 1. The van der Waals surface area contributed by atoms with Gasteiger partial charge in [0.1, 0.15) is 5.82 Å². The second kappa shape index (κ2) is 8.04. The third-order valence-corrected chi connectivity index (χ3v) is 5.50. The highest BCUT2D eigenvalue weighted by molar-refractivity contribution is 7.15. The number of hydrogen-bond donors (Lipinski definition) is 1. The monoisotopic (exact) mass is 393 g/mol. The molecule has 4 aromatic rings. The lowest BCUT2D eigenvalue weighted by Gasteiger charge is -2.20. The van der Waals surface area contributed by atoms with Crippen molar-refractivity contribution in [1.82, 2.24) is 14.7 Å². The van der Waals surface area contributed by atoms with Crippen LogP contribution in [0.3, 0.4) is 0 Å². The first-order chi connectivity index (χ1) is 13.6. The van der Waals surface area contributed by atoms with Gasteiger partial charge < -0.3 is 5.32 Å². The van der Waals surface area contributed by atoms with Crippen molar-refractivity contribution in [1.29, 1.82) is 0 Å². The van der Waals surface area contributed by atoms with Gasteiger partial charge in [-0.05, 0) is 35.2 Å². The summed E-state index contributed by atoms with van der Waals surface area (Å²) in [6, 6.07) is 16.2. The summed E-state index contributed by atoms with van der Waals surface area (Å²) >= 11 is 1.42. The minimum atomic E-state index is -0.272. The van der Waals surface area contributed by atoms with Gasteiger partial charge in [-0.2, -0.15) is 0 Å². The molecule has 6 heteroatoms. The molecule has 0 saturated heterocycles. The van der Waals surface area contributed by atoms with Gasteiger partial charge >= 0.3 is 0 Å². The lowest BCUT2D eigenvalue weighted by molar-refractivity contribution is 0.583. The summed E-state index contributed by atoms with van der Waals surface area (Å²) in [5, 5.41) is 5.28. The fraction of sp³-hybridized carbons (Fsp3) is 0.182. The maximum atomic E-state index is 13.8. The van der Waals surface area contributed by atoms with Crippen molar-refractivity contribution in [2.75, 3.05) is 0 Å². The fourth-order valence-electron chi connectivity index (χ4n) is 3.25. The van der Waals surface area contributed by atoms with E-state index in [0.29, 0.717) is 17.2 Å². The Kier molecular flexibility index (Phi) is 5.32. The number of benzene rings is 2. The number of hydrogen-bond acceptors (Lipinski definition) is 4. The van der Waals surface area contributed by atoms with Crippen LogP contribution >= 0.6 is 11.3 Å². The van der Waals surface area contributed by atoms with Gasteiger partial charge in [-0.25, -0.2) is 9.37 Å². The molecule has 0 aliphatic carbocycles. The van der Waals surface area contributed by atoms with E-state index in [0.717, 1.165) is 17.5 Å². The number of rotatable bonds is 6. The Hall–Kier alpha value is -2.83. The molecular weight excluding hydrogens is 373 g/mol. The predicted molar refractivity (Wildman–Crippen MR) is 110 cm³/mol. The van der Waals surface area contributed by atoms with Gasteiger partial charge in [-0.15, -0.1) is 11.3 Å². The highest BCUT2D eigenvalue weighted by Gasteiger charge is 2.15. The highest BCUT2D eigenvalue weighted by atomic mass is 32.1. The molecule has 1 atom stereocenters. The molecule has 2 aromatic heterocycles. The van der Waals surface area contributed by atoms with E-state index in [1.54, 1.807) is 12.3 Å². The number of aromatic nitrogens is 2. The van der Waals surface area contributed by atoms with Crippen molar-refractivity contribution < 1.29 is 4.39 Å². The zero-order valence-corrected chi connectivity index (χ0v) is 16.2. The third kappa shape index (κ3) is 3.88. The molecule has 0 bridgehead atoms. The van der Waals surface area contributed by atoms with E-state index >= 15 is 0 Å². The first-order valence-electron chi connectivity index (χ1n) is 9.17. The largest absolute Gasteiger partial charge is 0.301 e. The Labute approximate surface area is 166 Å². The molecule has 0 saturated carbocycles. The fourth-order valence-corrected chi connectivity index (χ4v) is 3.98. The Morgan fingerprint density at radius 1 is 1.14 bits per heavy atom. The van der Waals surface area contributed by atoms with E-state index in [1.165, 1.54) is 39.5 Å². The van der Waals surface area contributed by atoms with Crippen LogP contribution in [0, 0.1) is 5.82 Å². The van der Waals surface area contributed by atoms with Crippen molar-refractivity contribution >= 4 is 16.3 Å². The normalized spacial score (nSPS) is 12.4. The quantitative estimate of drug-likeness (QED) is 0.530. The van der Waals surface area contributed by atoms with E-state index in [4.69, 9.17) is 0 Å². The van der Waals surface area contributed by atoms with Crippen molar-refractivity contribution in [3.8, 4) is 0 Å². The third-order valence-electron chi connectivity index (χ3n) is 4.75. The molecule has 4 nitrogen and oxygen atoms in total. The van der Waals surface area contributed by atoms with Gasteiger partial charge in [-0.3, -0.25) is 9.20 Å². The molecule has 142 valence electrons. The Bertz CT molecular complexity index is 1150. The SMILES string of the molecule is CCc1ccc([C@@H](NCc2cc(=O)n3ccsc3n2)c2cccc(F)c2)cc1. The number of nitrogens with zero attached hydrogens (tertiary/aromatic N) is 2. The Balaban J connectivity index is 1.65. The minimum absolute atomic E-state index is 0.0994. The van der Waals surface area contributed by atoms with Crippen LogP contribution in [0.15, 0.2) is 71.0 Å². The number of nitrogens with one attached hydrogen (secondary N) is 1. The first kappa shape index (κ1) is 18.5. The van der Waals surface area contributed by atoms with E-state index in [-0.39, 0.29) is 17.4 Å². The average Bonchev–Trinajstić information content (AvgIpc) is 3.18. The van der Waals surface area contributed by atoms with Gasteiger partial charge in [-0.1, -0.05) is 43.3 Å². The topological polar surface area (TPSA) is 46.4 Å². The maximum absolute atomic E-state index is 13.8. The zero-order chi connectivity index (χ0) is 19.5. The summed E-state index contributed by atoms with van der Waals surface area (Å²) in [4.78, 5) is 17.4. The van der Waals surface area contributed by atoms with Crippen LogP contribution in [0.5, 0.6) is 0 Å². The second-order valence-electron chi connectivity index (χ2n) is 6.61. The molecule has 0 amide bonds.